The van der Waals surface area contributed by atoms with Gasteiger partial charge in [-0.1, -0.05) is 0 Å². The Bertz CT molecular complexity index is 866. The van der Waals surface area contributed by atoms with Crippen molar-refractivity contribution in [1.29, 1.82) is 0 Å². The van der Waals surface area contributed by atoms with Crippen LogP contribution in [0.5, 0.6) is 5.75 Å². The Morgan fingerprint density at radius 2 is 2.15 bits per heavy atom. The molecule has 1 saturated carbocycles. The van der Waals surface area contributed by atoms with Crippen LogP contribution in [0.2, 0.25) is 0 Å². The molecule has 7 heteroatoms. The van der Waals surface area contributed by atoms with Gasteiger partial charge in [-0.3, -0.25) is 5.10 Å². The summed E-state index contributed by atoms with van der Waals surface area (Å²) >= 11 is 0. The van der Waals surface area contributed by atoms with E-state index in [-0.39, 0.29) is 5.60 Å². The van der Waals surface area contributed by atoms with Gasteiger partial charge in [-0.2, -0.15) is 5.10 Å². The average molecular weight is 355 g/mol. The number of methoxy groups -OCH3 is 1. The van der Waals surface area contributed by atoms with Crippen LogP contribution in [-0.4, -0.2) is 60.5 Å². The average Bonchev–Trinajstić information content (AvgIpc) is 3.22. The zero-order valence-electron chi connectivity index (χ0n) is 15.5. The third kappa shape index (κ3) is 3.39. The molecule has 2 heterocycles. The minimum Gasteiger partial charge on any atom is -0.488 e. The fourth-order valence-electron chi connectivity index (χ4n) is 2.98. The molecule has 2 aliphatic rings. The first-order chi connectivity index (χ1) is 12.6. The summed E-state index contributed by atoms with van der Waals surface area (Å²) in [6.45, 7) is 4.13. The molecule has 1 aromatic heterocycles. The van der Waals surface area contributed by atoms with Crippen LogP contribution < -0.4 is 10.1 Å². The maximum atomic E-state index is 6.11. The molecule has 4 rings (SSSR count). The lowest BCUT2D eigenvalue weighted by molar-refractivity contribution is 0.183. The van der Waals surface area contributed by atoms with Gasteiger partial charge >= 0.3 is 0 Å². The molecular weight excluding hydrogens is 330 g/mol. The number of benzene rings is 1. The van der Waals surface area contributed by atoms with Crippen molar-refractivity contribution < 1.29 is 9.47 Å². The van der Waals surface area contributed by atoms with Crippen molar-refractivity contribution in [2.75, 3.05) is 34.0 Å². The summed E-state index contributed by atoms with van der Waals surface area (Å²) in [4.78, 5) is 6.62. The van der Waals surface area contributed by atoms with Crippen LogP contribution in [0.3, 0.4) is 0 Å². The quantitative estimate of drug-likeness (QED) is 0.832. The Labute approximate surface area is 153 Å². The number of H-pyrrole nitrogens is 1. The number of likely N-dealkylation sites (N-methyl/N-ethyl adjacent to an activating group) is 1. The molecule has 1 aromatic carbocycles. The number of fused-ring (bicyclic) bond motifs is 1. The highest BCUT2D eigenvalue weighted by molar-refractivity contribution is 6.02. The molecule has 138 valence electrons. The van der Waals surface area contributed by atoms with Crippen LogP contribution in [0.1, 0.15) is 25.5 Å². The van der Waals surface area contributed by atoms with Crippen LogP contribution in [0.4, 0.5) is 0 Å². The Morgan fingerprint density at radius 1 is 1.31 bits per heavy atom. The van der Waals surface area contributed by atoms with Gasteiger partial charge in [-0.15, -0.1) is 0 Å². The summed E-state index contributed by atoms with van der Waals surface area (Å²) in [6, 6.07) is 6.10. The molecule has 2 N–H and O–H groups in total. The predicted octanol–water partition coefficient (Wildman–Crippen LogP) is 2.37. The lowest BCUT2D eigenvalue weighted by Crippen LogP contribution is -2.33. The highest BCUT2D eigenvalue weighted by Gasteiger charge is 2.40. The number of rotatable bonds is 6. The van der Waals surface area contributed by atoms with Gasteiger partial charge in [0.1, 0.15) is 29.5 Å². The molecule has 26 heavy (non-hydrogen) atoms. The fraction of sp³-hybridized carbons (Fsp3) is 0.474. The SMILES string of the molecule is COCCN(C)C1=NCNC(c2n[nH]c3ccc(OC4(C)CC4)cc23)=C1. The van der Waals surface area contributed by atoms with E-state index in [9.17, 15) is 0 Å². The van der Waals surface area contributed by atoms with Crippen molar-refractivity contribution in [2.24, 2.45) is 4.99 Å². The summed E-state index contributed by atoms with van der Waals surface area (Å²) in [5, 5.41) is 12.0. The molecule has 1 aliphatic heterocycles. The van der Waals surface area contributed by atoms with E-state index in [1.54, 1.807) is 7.11 Å². The van der Waals surface area contributed by atoms with E-state index in [1.807, 2.05) is 25.3 Å². The topological polar surface area (TPSA) is 74.8 Å². The number of ether oxygens (including phenoxy) is 2. The smallest absolute Gasteiger partial charge is 0.127 e. The lowest BCUT2D eigenvalue weighted by Gasteiger charge is -2.23. The summed E-state index contributed by atoms with van der Waals surface area (Å²) in [7, 11) is 3.72. The van der Waals surface area contributed by atoms with Gasteiger partial charge in [0.2, 0.25) is 0 Å². The lowest BCUT2D eigenvalue weighted by atomic mass is 10.1. The molecule has 0 amide bonds. The van der Waals surface area contributed by atoms with Crippen molar-refractivity contribution in [2.45, 2.75) is 25.4 Å². The number of amidine groups is 1. The molecular formula is C19H25N5O2. The molecule has 0 bridgehead atoms. The van der Waals surface area contributed by atoms with E-state index < -0.39 is 0 Å². The molecule has 0 saturated heterocycles. The maximum Gasteiger partial charge on any atom is 0.127 e. The van der Waals surface area contributed by atoms with Crippen LogP contribution >= 0.6 is 0 Å². The number of aliphatic imine (C=N–C) groups is 1. The van der Waals surface area contributed by atoms with Gasteiger partial charge < -0.3 is 19.7 Å². The number of aromatic nitrogens is 2. The standard InChI is InChI=1S/C19H25N5O2/c1-19(6-7-19)26-13-4-5-15-14(10-13)18(23-22-15)16-11-17(21-12-20-16)24(2)8-9-25-3/h4-5,10-11,20H,6-9,12H2,1-3H3,(H,22,23). The largest absolute Gasteiger partial charge is 0.488 e. The molecule has 2 aromatic rings. The Kier molecular flexibility index (Phi) is 4.32. The molecule has 0 atom stereocenters. The first-order valence-corrected chi connectivity index (χ1v) is 8.96. The third-order valence-electron chi connectivity index (χ3n) is 4.91. The molecule has 0 unspecified atom stereocenters. The van der Waals surface area contributed by atoms with Crippen molar-refractivity contribution in [3.63, 3.8) is 0 Å². The van der Waals surface area contributed by atoms with Gasteiger partial charge in [-0.25, -0.2) is 4.99 Å². The first kappa shape index (κ1) is 16.9. The normalized spacial score (nSPS) is 18.1. The van der Waals surface area contributed by atoms with Gasteiger partial charge in [-0.05, 0) is 38.0 Å². The number of nitrogens with one attached hydrogen (secondary N) is 2. The second-order valence-corrected chi connectivity index (χ2v) is 7.16. The van der Waals surface area contributed by atoms with Crippen molar-refractivity contribution in [3.05, 3.63) is 30.0 Å². The Hall–Kier alpha value is -2.54. The third-order valence-corrected chi connectivity index (χ3v) is 4.91. The highest BCUT2D eigenvalue weighted by Crippen LogP contribution is 2.40. The fourth-order valence-corrected chi connectivity index (χ4v) is 2.98. The molecule has 0 radical (unpaired) electrons. The minimum atomic E-state index is 0.00379. The van der Waals surface area contributed by atoms with Crippen molar-refractivity contribution in [3.8, 4) is 5.75 Å². The second-order valence-electron chi connectivity index (χ2n) is 7.16. The maximum absolute atomic E-state index is 6.11. The van der Waals surface area contributed by atoms with Crippen molar-refractivity contribution >= 4 is 22.4 Å². The molecule has 1 fully saturated rings. The van der Waals surface area contributed by atoms with Gasteiger partial charge in [0.15, 0.2) is 0 Å². The van der Waals surface area contributed by atoms with Crippen LogP contribution in [0.15, 0.2) is 29.3 Å². The zero-order chi connectivity index (χ0) is 18.1. The van der Waals surface area contributed by atoms with Crippen LogP contribution in [-0.2, 0) is 4.74 Å². The molecule has 7 nitrogen and oxygen atoms in total. The van der Waals surface area contributed by atoms with E-state index >= 15 is 0 Å². The predicted molar refractivity (Wildman–Crippen MR) is 102 cm³/mol. The molecule has 1 aliphatic carbocycles. The van der Waals surface area contributed by atoms with Crippen LogP contribution in [0.25, 0.3) is 16.6 Å². The van der Waals surface area contributed by atoms with Gasteiger partial charge in [0.25, 0.3) is 0 Å². The first-order valence-electron chi connectivity index (χ1n) is 8.96. The number of hydrogen-bond donors (Lipinski definition) is 2. The number of hydrogen-bond acceptors (Lipinski definition) is 6. The summed E-state index contributed by atoms with van der Waals surface area (Å²) in [6.07, 6.45) is 4.26. The summed E-state index contributed by atoms with van der Waals surface area (Å²) in [5.41, 5.74) is 2.84. The Morgan fingerprint density at radius 3 is 2.92 bits per heavy atom. The second kappa shape index (κ2) is 6.64. The Balaban J connectivity index is 1.62. The zero-order valence-corrected chi connectivity index (χ0v) is 15.5. The van der Waals surface area contributed by atoms with E-state index in [0.717, 1.165) is 53.3 Å². The number of nitrogens with zero attached hydrogens (tertiary/aromatic N) is 3. The molecule has 0 spiro atoms. The number of aromatic amines is 1. The van der Waals surface area contributed by atoms with Crippen LogP contribution in [0, 0.1) is 0 Å². The van der Waals surface area contributed by atoms with Gasteiger partial charge in [0.05, 0.1) is 17.8 Å². The van der Waals surface area contributed by atoms with E-state index in [2.05, 4.69) is 38.4 Å². The van der Waals surface area contributed by atoms with Gasteiger partial charge in [0, 0.05) is 32.2 Å². The summed E-state index contributed by atoms with van der Waals surface area (Å²) in [5.74, 6) is 1.81. The summed E-state index contributed by atoms with van der Waals surface area (Å²) < 4.78 is 11.3. The minimum absolute atomic E-state index is 0.00379. The van der Waals surface area contributed by atoms with E-state index in [4.69, 9.17) is 9.47 Å². The van der Waals surface area contributed by atoms with Crippen molar-refractivity contribution in [1.82, 2.24) is 20.4 Å². The van der Waals surface area contributed by atoms with E-state index in [1.165, 1.54) is 0 Å². The highest BCUT2D eigenvalue weighted by atomic mass is 16.5. The monoisotopic (exact) mass is 355 g/mol. The van der Waals surface area contributed by atoms with E-state index in [0.29, 0.717) is 13.3 Å².